The van der Waals surface area contributed by atoms with E-state index < -0.39 is 0 Å². The Labute approximate surface area is 132 Å². The van der Waals surface area contributed by atoms with Crippen molar-refractivity contribution < 1.29 is 0 Å². The molecule has 2 nitrogen and oxygen atoms in total. The molecule has 1 aromatic carbocycles. The van der Waals surface area contributed by atoms with E-state index in [1.165, 1.54) is 41.5 Å². The predicted molar refractivity (Wildman–Crippen MR) is 91.5 cm³/mol. The minimum absolute atomic E-state index is 0.411. The van der Waals surface area contributed by atoms with Gasteiger partial charge in [0.25, 0.3) is 0 Å². The second-order valence-electron chi connectivity index (χ2n) is 5.88. The molecule has 0 aromatic heterocycles. The Morgan fingerprint density at radius 3 is 2.65 bits per heavy atom. The fourth-order valence-corrected chi connectivity index (χ4v) is 3.31. The molecule has 0 amide bonds. The summed E-state index contributed by atoms with van der Waals surface area (Å²) in [6, 6.07) is 7.24. The van der Waals surface area contributed by atoms with E-state index in [9.17, 15) is 0 Å². The zero-order valence-corrected chi connectivity index (χ0v) is 14.5. The number of halogens is 1. The molecule has 0 spiro atoms. The minimum Gasteiger partial charge on any atom is -0.370 e. The van der Waals surface area contributed by atoms with Gasteiger partial charge in [-0.25, -0.2) is 0 Å². The van der Waals surface area contributed by atoms with Crippen LogP contribution in [0.1, 0.15) is 51.6 Å². The highest BCUT2D eigenvalue weighted by Crippen LogP contribution is 2.35. The molecule has 0 bridgehead atoms. The molecule has 2 rings (SSSR count). The van der Waals surface area contributed by atoms with Gasteiger partial charge in [-0.3, -0.25) is 0 Å². The van der Waals surface area contributed by atoms with Gasteiger partial charge in [-0.05, 0) is 72.3 Å². The molecule has 1 N–H and O–H groups in total. The van der Waals surface area contributed by atoms with Crippen LogP contribution < -0.4 is 10.2 Å². The van der Waals surface area contributed by atoms with Gasteiger partial charge in [-0.15, -0.1) is 0 Å². The topological polar surface area (TPSA) is 15.3 Å². The first-order valence-electron chi connectivity index (χ1n) is 7.93. The van der Waals surface area contributed by atoms with Crippen LogP contribution in [0.25, 0.3) is 0 Å². The lowest BCUT2D eigenvalue weighted by Crippen LogP contribution is -2.27. The molecule has 112 valence electrons. The first-order chi connectivity index (χ1) is 9.65. The second kappa shape index (κ2) is 7.46. The molecular weight excluding hydrogens is 312 g/mol. The van der Waals surface area contributed by atoms with E-state index in [4.69, 9.17) is 0 Å². The molecule has 0 aliphatic heterocycles. The van der Waals surface area contributed by atoms with Crippen molar-refractivity contribution in [2.45, 2.75) is 46.1 Å². The van der Waals surface area contributed by atoms with Crippen LogP contribution in [-0.4, -0.2) is 19.6 Å². The Hall–Kier alpha value is -0.540. The van der Waals surface area contributed by atoms with Crippen LogP contribution >= 0.6 is 15.9 Å². The van der Waals surface area contributed by atoms with E-state index in [2.05, 4.69) is 65.1 Å². The summed E-state index contributed by atoms with van der Waals surface area (Å²) in [5, 5.41) is 3.47. The highest BCUT2D eigenvalue weighted by molar-refractivity contribution is 9.10. The van der Waals surface area contributed by atoms with E-state index in [-0.39, 0.29) is 0 Å². The molecule has 1 aromatic rings. The van der Waals surface area contributed by atoms with Crippen molar-refractivity contribution in [1.29, 1.82) is 0 Å². The average molecular weight is 339 g/mol. The number of hydrogen-bond acceptors (Lipinski definition) is 2. The molecule has 1 aliphatic rings. The highest BCUT2D eigenvalue weighted by Gasteiger charge is 2.25. The van der Waals surface area contributed by atoms with E-state index in [0.29, 0.717) is 6.04 Å². The van der Waals surface area contributed by atoms with Crippen molar-refractivity contribution in [2.24, 2.45) is 5.92 Å². The SMILES string of the molecule is CCCN(CC1CC1)c1ccc(C(C)NCC)cc1Br. The number of rotatable bonds is 8. The lowest BCUT2D eigenvalue weighted by atomic mass is 10.1. The zero-order valence-electron chi connectivity index (χ0n) is 13.0. The van der Waals surface area contributed by atoms with Gasteiger partial charge in [0.05, 0.1) is 5.69 Å². The smallest absolute Gasteiger partial charge is 0.0510 e. The third kappa shape index (κ3) is 4.23. The predicted octanol–water partition coefficient (Wildman–Crippen LogP) is 4.75. The number of nitrogens with one attached hydrogen (secondary N) is 1. The molecule has 1 unspecified atom stereocenters. The van der Waals surface area contributed by atoms with E-state index in [1.807, 2.05) is 0 Å². The maximum Gasteiger partial charge on any atom is 0.0510 e. The van der Waals surface area contributed by atoms with Crippen molar-refractivity contribution in [3.05, 3.63) is 28.2 Å². The van der Waals surface area contributed by atoms with Gasteiger partial charge in [-0.1, -0.05) is 19.9 Å². The van der Waals surface area contributed by atoms with Crippen LogP contribution in [-0.2, 0) is 0 Å². The maximum absolute atomic E-state index is 3.78. The standard InChI is InChI=1S/C17H27BrN2/c1-4-10-20(12-14-6-7-14)17-9-8-15(11-16(17)18)13(3)19-5-2/h8-9,11,13-14,19H,4-7,10,12H2,1-3H3. The molecule has 1 saturated carbocycles. The van der Waals surface area contributed by atoms with Crippen molar-refractivity contribution >= 4 is 21.6 Å². The van der Waals surface area contributed by atoms with Crippen LogP contribution in [0.4, 0.5) is 5.69 Å². The Kier molecular flexibility index (Phi) is 5.91. The summed E-state index contributed by atoms with van der Waals surface area (Å²) in [4.78, 5) is 2.55. The van der Waals surface area contributed by atoms with Gasteiger partial charge in [0.15, 0.2) is 0 Å². The zero-order chi connectivity index (χ0) is 14.5. The summed E-state index contributed by atoms with van der Waals surface area (Å²) in [7, 11) is 0. The van der Waals surface area contributed by atoms with Crippen LogP contribution in [0, 0.1) is 5.92 Å². The van der Waals surface area contributed by atoms with Crippen molar-refractivity contribution in [3.8, 4) is 0 Å². The van der Waals surface area contributed by atoms with Crippen molar-refractivity contribution in [3.63, 3.8) is 0 Å². The van der Waals surface area contributed by atoms with Gasteiger partial charge in [0.2, 0.25) is 0 Å². The quantitative estimate of drug-likeness (QED) is 0.735. The van der Waals surface area contributed by atoms with E-state index in [0.717, 1.165) is 19.0 Å². The monoisotopic (exact) mass is 338 g/mol. The number of benzene rings is 1. The molecule has 1 fully saturated rings. The largest absolute Gasteiger partial charge is 0.370 e. The molecule has 1 aliphatic carbocycles. The molecule has 0 saturated heterocycles. The Morgan fingerprint density at radius 2 is 2.10 bits per heavy atom. The number of anilines is 1. The fraction of sp³-hybridized carbons (Fsp3) is 0.647. The van der Waals surface area contributed by atoms with Gasteiger partial charge in [0.1, 0.15) is 0 Å². The summed E-state index contributed by atoms with van der Waals surface area (Å²) in [6.07, 6.45) is 4.02. The van der Waals surface area contributed by atoms with Gasteiger partial charge in [0, 0.05) is 23.6 Å². The van der Waals surface area contributed by atoms with Gasteiger partial charge in [-0.2, -0.15) is 0 Å². The second-order valence-corrected chi connectivity index (χ2v) is 6.73. The molecule has 0 radical (unpaired) electrons. The Morgan fingerprint density at radius 1 is 1.35 bits per heavy atom. The molecule has 0 heterocycles. The summed E-state index contributed by atoms with van der Waals surface area (Å²) in [5.74, 6) is 0.925. The maximum atomic E-state index is 3.78. The van der Waals surface area contributed by atoms with Crippen LogP contribution in [0.15, 0.2) is 22.7 Å². The molecule has 3 heteroatoms. The lowest BCUT2D eigenvalue weighted by Gasteiger charge is -2.26. The van der Waals surface area contributed by atoms with Crippen molar-refractivity contribution in [2.75, 3.05) is 24.5 Å². The summed E-state index contributed by atoms with van der Waals surface area (Å²) >= 11 is 3.78. The summed E-state index contributed by atoms with van der Waals surface area (Å²) in [5.41, 5.74) is 2.71. The summed E-state index contributed by atoms with van der Waals surface area (Å²) < 4.78 is 1.23. The molecule has 20 heavy (non-hydrogen) atoms. The third-order valence-electron chi connectivity index (χ3n) is 3.99. The van der Waals surface area contributed by atoms with Gasteiger partial charge >= 0.3 is 0 Å². The first kappa shape index (κ1) is 15.8. The average Bonchev–Trinajstić information content (AvgIpc) is 3.22. The minimum atomic E-state index is 0.411. The number of nitrogens with zero attached hydrogens (tertiary/aromatic N) is 1. The highest BCUT2D eigenvalue weighted by atomic mass is 79.9. The lowest BCUT2D eigenvalue weighted by molar-refractivity contribution is 0.597. The molecule has 1 atom stereocenters. The van der Waals surface area contributed by atoms with Crippen molar-refractivity contribution in [1.82, 2.24) is 5.32 Å². The number of hydrogen-bond donors (Lipinski definition) is 1. The normalized spacial score (nSPS) is 16.2. The van der Waals surface area contributed by atoms with Gasteiger partial charge < -0.3 is 10.2 Å². The Bertz CT molecular complexity index is 429. The fourth-order valence-electron chi connectivity index (χ4n) is 2.67. The van der Waals surface area contributed by atoms with Crippen LogP contribution in [0.5, 0.6) is 0 Å². The summed E-state index contributed by atoms with van der Waals surface area (Å²) in [6.45, 7) is 10.0. The third-order valence-corrected chi connectivity index (χ3v) is 4.63. The Balaban J connectivity index is 2.13. The van der Waals surface area contributed by atoms with Crippen LogP contribution in [0.3, 0.4) is 0 Å². The first-order valence-corrected chi connectivity index (χ1v) is 8.72. The van der Waals surface area contributed by atoms with E-state index in [1.54, 1.807) is 0 Å². The van der Waals surface area contributed by atoms with Crippen LogP contribution in [0.2, 0.25) is 0 Å². The van der Waals surface area contributed by atoms with E-state index >= 15 is 0 Å². The molecular formula is C17H27BrN2.